The van der Waals surface area contributed by atoms with Crippen LogP contribution >= 0.6 is 0 Å². The lowest BCUT2D eigenvalue weighted by atomic mass is 10.0. The van der Waals surface area contributed by atoms with Gasteiger partial charge in [-0.1, -0.05) is 54.6 Å². The standard InChI is InChI=1S/C27H28N4O2/c1-29-25(28-24-12-5-4-11-23(24)27(29)33)13-14-26(32)31-17-15-30(16-18-31)19-21-9-6-8-20-7-2-3-10-22(20)21/h2-12H,13-19H2,1H3. The van der Waals surface area contributed by atoms with Crippen molar-refractivity contribution in [2.45, 2.75) is 19.4 Å². The summed E-state index contributed by atoms with van der Waals surface area (Å²) in [7, 11) is 1.73. The zero-order chi connectivity index (χ0) is 22.8. The largest absolute Gasteiger partial charge is 0.340 e. The molecule has 1 amide bonds. The molecule has 0 radical (unpaired) electrons. The second-order valence-electron chi connectivity index (χ2n) is 8.70. The van der Waals surface area contributed by atoms with Gasteiger partial charge in [-0.2, -0.15) is 0 Å². The lowest BCUT2D eigenvalue weighted by molar-refractivity contribution is -0.133. The van der Waals surface area contributed by atoms with Gasteiger partial charge in [0.25, 0.3) is 5.56 Å². The van der Waals surface area contributed by atoms with Gasteiger partial charge in [0.15, 0.2) is 0 Å². The van der Waals surface area contributed by atoms with Crippen molar-refractivity contribution in [2.75, 3.05) is 26.2 Å². The van der Waals surface area contributed by atoms with Crippen molar-refractivity contribution in [3.63, 3.8) is 0 Å². The number of hydrogen-bond donors (Lipinski definition) is 0. The summed E-state index contributed by atoms with van der Waals surface area (Å²) in [6.07, 6.45) is 0.827. The Bertz CT molecular complexity index is 1360. The van der Waals surface area contributed by atoms with E-state index in [0.29, 0.717) is 29.6 Å². The molecule has 0 N–H and O–H groups in total. The number of piperazine rings is 1. The van der Waals surface area contributed by atoms with Gasteiger partial charge in [-0.15, -0.1) is 0 Å². The minimum absolute atomic E-state index is 0.0647. The second kappa shape index (κ2) is 9.16. The topological polar surface area (TPSA) is 58.4 Å². The molecule has 0 unspecified atom stereocenters. The summed E-state index contributed by atoms with van der Waals surface area (Å²) in [4.78, 5) is 34.4. The highest BCUT2D eigenvalue weighted by Gasteiger charge is 2.22. The first-order valence-electron chi connectivity index (χ1n) is 11.5. The predicted octanol–water partition coefficient (Wildman–Crippen LogP) is 3.36. The van der Waals surface area contributed by atoms with Crippen molar-refractivity contribution >= 4 is 27.6 Å². The summed E-state index contributed by atoms with van der Waals surface area (Å²) >= 11 is 0. The van der Waals surface area contributed by atoms with E-state index < -0.39 is 0 Å². The smallest absolute Gasteiger partial charge is 0.261 e. The van der Waals surface area contributed by atoms with E-state index in [4.69, 9.17) is 0 Å². The molecule has 4 aromatic rings. The Hall–Kier alpha value is -3.51. The third-order valence-corrected chi connectivity index (χ3v) is 6.64. The molecule has 1 aromatic heterocycles. The zero-order valence-electron chi connectivity index (χ0n) is 18.9. The molecule has 3 aromatic carbocycles. The summed E-state index contributed by atoms with van der Waals surface area (Å²) < 4.78 is 1.57. The van der Waals surface area contributed by atoms with Crippen LogP contribution in [0.1, 0.15) is 17.8 Å². The van der Waals surface area contributed by atoms with E-state index in [0.717, 1.165) is 32.7 Å². The molecule has 5 rings (SSSR count). The zero-order valence-corrected chi connectivity index (χ0v) is 18.9. The highest BCUT2D eigenvalue weighted by molar-refractivity contribution is 5.85. The van der Waals surface area contributed by atoms with E-state index in [1.54, 1.807) is 17.7 Å². The van der Waals surface area contributed by atoms with E-state index in [2.05, 4.69) is 52.3 Å². The Kier molecular flexibility index (Phi) is 5.92. The number of aromatic nitrogens is 2. The second-order valence-corrected chi connectivity index (χ2v) is 8.70. The van der Waals surface area contributed by atoms with Crippen molar-refractivity contribution in [3.8, 4) is 0 Å². The summed E-state index contributed by atoms with van der Waals surface area (Å²) in [5.74, 6) is 0.781. The van der Waals surface area contributed by atoms with Gasteiger partial charge in [-0.05, 0) is 28.5 Å². The molecule has 2 heterocycles. The molecule has 1 aliphatic rings. The van der Waals surface area contributed by atoms with Crippen LogP contribution in [0.15, 0.2) is 71.5 Å². The number of para-hydroxylation sites is 1. The van der Waals surface area contributed by atoms with E-state index in [1.807, 2.05) is 23.1 Å². The van der Waals surface area contributed by atoms with Crippen molar-refractivity contribution in [1.29, 1.82) is 0 Å². The van der Waals surface area contributed by atoms with Gasteiger partial charge in [0.2, 0.25) is 5.91 Å². The first-order valence-corrected chi connectivity index (χ1v) is 11.5. The number of carbonyl (C=O) groups is 1. The molecule has 33 heavy (non-hydrogen) atoms. The molecule has 6 nitrogen and oxygen atoms in total. The van der Waals surface area contributed by atoms with Gasteiger partial charge >= 0.3 is 0 Å². The Balaban J connectivity index is 1.19. The van der Waals surface area contributed by atoms with Crippen LogP contribution in [0.4, 0.5) is 0 Å². The van der Waals surface area contributed by atoms with Gasteiger partial charge in [-0.3, -0.25) is 19.1 Å². The van der Waals surface area contributed by atoms with Crippen molar-refractivity contribution in [2.24, 2.45) is 7.05 Å². The molecule has 168 valence electrons. The monoisotopic (exact) mass is 440 g/mol. The molecule has 1 aliphatic heterocycles. The van der Waals surface area contributed by atoms with Crippen LogP contribution in [0, 0.1) is 0 Å². The first-order chi connectivity index (χ1) is 16.1. The molecular weight excluding hydrogens is 412 g/mol. The van der Waals surface area contributed by atoms with Crippen LogP contribution in [-0.2, 0) is 24.8 Å². The van der Waals surface area contributed by atoms with Crippen molar-refractivity contribution < 1.29 is 4.79 Å². The summed E-state index contributed by atoms with van der Waals surface area (Å²) in [6, 6.07) is 22.3. The maximum absolute atomic E-state index is 12.9. The van der Waals surface area contributed by atoms with Crippen LogP contribution in [-0.4, -0.2) is 51.4 Å². The van der Waals surface area contributed by atoms with E-state index >= 15 is 0 Å². The van der Waals surface area contributed by atoms with E-state index in [-0.39, 0.29) is 11.5 Å². The first kappa shape index (κ1) is 21.3. The van der Waals surface area contributed by atoms with Crippen LogP contribution in [0.3, 0.4) is 0 Å². The van der Waals surface area contributed by atoms with Gasteiger partial charge in [0.05, 0.1) is 10.9 Å². The lowest BCUT2D eigenvalue weighted by Crippen LogP contribution is -2.48. The number of fused-ring (bicyclic) bond motifs is 2. The third kappa shape index (κ3) is 4.39. The molecule has 1 saturated heterocycles. The predicted molar refractivity (Wildman–Crippen MR) is 131 cm³/mol. The lowest BCUT2D eigenvalue weighted by Gasteiger charge is -2.35. The van der Waals surface area contributed by atoms with Gasteiger partial charge < -0.3 is 4.90 Å². The number of amides is 1. The van der Waals surface area contributed by atoms with Crippen LogP contribution in [0.25, 0.3) is 21.7 Å². The fourth-order valence-corrected chi connectivity index (χ4v) is 4.69. The molecule has 1 fully saturated rings. The average molecular weight is 441 g/mol. The number of carbonyl (C=O) groups excluding carboxylic acids is 1. The van der Waals surface area contributed by atoms with Gasteiger partial charge in [0, 0.05) is 52.6 Å². The maximum atomic E-state index is 12.9. The molecular formula is C27H28N4O2. The molecule has 0 spiro atoms. The van der Waals surface area contributed by atoms with E-state index in [1.165, 1.54) is 16.3 Å². The Morgan fingerprint density at radius 3 is 2.39 bits per heavy atom. The van der Waals surface area contributed by atoms with Crippen molar-refractivity contribution in [3.05, 3.63) is 88.5 Å². The number of aryl methyl sites for hydroxylation is 1. The Morgan fingerprint density at radius 1 is 0.879 bits per heavy atom. The number of rotatable bonds is 5. The number of hydrogen-bond acceptors (Lipinski definition) is 4. The SMILES string of the molecule is Cn1c(CCC(=O)N2CCN(Cc3cccc4ccccc34)CC2)nc2ccccc2c1=O. The fraction of sp³-hybridized carbons (Fsp3) is 0.296. The summed E-state index contributed by atoms with van der Waals surface area (Å²) in [5, 5.41) is 3.17. The van der Waals surface area contributed by atoms with Gasteiger partial charge in [-0.25, -0.2) is 4.98 Å². The van der Waals surface area contributed by atoms with Crippen LogP contribution < -0.4 is 5.56 Å². The summed E-state index contributed by atoms with van der Waals surface area (Å²) in [5.41, 5.74) is 1.95. The van der Waals surface area contributed by atoms with E-state index in [9.17, 15) is 9.59 Å². The minimum atomic E-state index is -0.0647. The molecule has 0 aliphatic carbocycles. The fourth-order valence-electron chi connectivity index (χ4n) is 4.69. The summed E-state index contributed by atoms with van der Waals surface area (Å²) in [6.45, 7) is 4.08. The van der Waals surface area contributed by atoms with Crippen LogP contribution in [0.5, 0.6) is 0 Å². The highest BCUT2D eigenvalue weighted by atomic mass is 16.2. The third-order valence-electron chi connectivity index (χ3n) is 6.64. The number of benzene rings is 3. The quantitative estimate of drug-likeness (QED) is 0.478. The molecule has 6 heteroatoms. The molecule has 0 bridgehead atoms. The Morgan fingerprint density at radius 2 is 1.58 bits per heavy atom. The van der Waals surface area contributed by atoms with Gasteiger partial charge in [0.1, 0.15) is 5.82 Å². The average Bonchev–Trinajstić information content (AvgIpc) is 2.86. The van der Waals surface area contributed by atoms with Crippen molar-refractivity contribution in [1.82, 2.24) is 19.4 Å². The van der Waals surface area contributed by atoms with Crippen LogP contribution in [0.2, 0.25) is 0 Å². The Labute approximate surface area is 193 Å². The number of nitrogens with zero attached hydrogens (tertiary/aromatic N) is 4. The molecule has 0 atom stereocenters. The highest BCUT2D eigenvalue weighted by Crippen LogP contribution is 2.20. The minimum Gasteiger partial charge on any atom is -0.340 e. The molecule has 0 saturated carbocycles. The maximum Gasteiger partial charge on any atom is 0.261 e. The normalized spacial score (nSPS) is 14.8.